The van der Waals surface area contributed by atoms with Crippen molar-refractivity contribution >= 4 is 16.7 Å². The Labute approximate surface area is 91.6 Å². The van der Waals surface area contributed by atoms with Gasteiger partial charge in [0, 0.05) is 29.7 Å². The van der Waals surface area contributed by atoms with Gasteiger partial charge in [-0.1, -0.05) is 0 Å². The van der Waals surface area contributed by atoms with Crippen molar-refractivity contribution in [3.05, 3.63) is 0 Å². The molecule has 15 heavy (non-hydrogen) atoms. The number of ether oxygens (including phenoxy) is 1. The van der Waals surface area contributed by atoms with E-state index < -0.39 is 10.8 Å². The lowest BCUT2D eigenvalue weighted by Gasteiger charge is -2.10. The number of hydrogen-bond acceptors (Lipinski definition) is 4. The summed E-state index contributed by atoms with van der Waals surface area (Å²) in [6, 6.07) is 0. The molecule has 1 fully saturated rings. The Hall–Kier alpha value is -0.460. The van der Waals surface area contributed by atoms with E-state index >= 15 is 0 Å². The Morgan fingerprint density at radius 2 is 2.40 bits per heavy atom. The molecule has 6 heteroatoms. The number of hydrogen-bond donors (Lipinski definition) is 2. The molecule has 0 aromatic rings. The maximum absolute atomic E-state index is 11.2. The molecule has 0 bridgehead atoms. The van der Waals surface area contributed by atoms with Crippen molar-refractivity contribution in [1.82, 2.24) is 5.32 Å². The minimum atomic E-state index is -1.26. The SMILES string of the molecule is O=C(CS(=O)CCO)NCC1CCCO1. The van der Waals surface area contributed by atoms with Gasteiger partial charge in [-0.15, -0.1) is 0 Å². The fourth-order valence-electron chi connectivity index (χ4n) is 1.40. The van der Waals surface area contributed by atoms with Crippen molar-refractivity contribution in [2.75, 3.05) is 31.3 Å². The van der Waals surface area contributed by atoms with E-state index in [2.05, 4.69) is 5.32 Å². The van der Waals surface area contributed by atoms with Crippen LogP contribution in [0.25, 0.3) is 0 Å². The second-order valence-electron chi connectivity index (χ2n) is 3.45. The third-order valence-electron chi connectivity index (χ3n) is 2.16. The van der Waals surface area contributed by atoms with Crippen molar-refractivity contribution in [3.8, 4) is 0 Å². The van der Waals surface area contributed by atoms with Crippen LogP contribution >= 0.6 is 0 Å². The minimum Gasteiger partial charge on any atom is -0.395 e. The van der Waals surface area contributed by atoms with Gasteiger partial charge in [-0.2, -0.15) is 0 Å². The third-order valence-corrected chi connectivity index (χ3v) is 3.38. The zero-order chi connectivity index (χ0) is 11.1. The zero-order valence-electron chi connectivity index (χ0n) is 8.61. The van der Waals surface area contributed by atoms with Crippen LogP contribution in [0.3, 0.4) is 0 Å². The van der Waals surface area contributed by atoms with E-state index in [1.807, 2.05) is 0 Å². The number of amides is 1. The Balaban J connectivity index is 2.09. The number of carbonyl (C=O) groups is 1. The molecular weight excluding hydrogens is 218 g/mol. The molecule has 0 aliphatic carbocycles. The first-order chi connectivity index (χ1) is 7.22. The highest BCUT2D eigenvalue weighted by Crippen LogP contribution is 2.10. The summed E-state index contributed by atoms with van der Waals surface area (Å²) in [5, 5.41) is 11.2. The van der Waals surface area contributed by atoms with Crippen molar-refractivity contribution in [3.63, 3.8) is 0 Å². The molecule has 2 N–H and O–H groups in total. The molecule has 1 amide bonds. The first-order valence-electron chi connectivity index (χ1n) is 5.06. The molecule has 1 heterocycles. The van der Waals surface area contributed by atoms with Crippen molar-refractivity contribution in [2.24, 2.45) is 0 Å². The summed E-state index contributed by atoms with van der Waals surface area (Å²) < 4.78 is 16.4. The second kappa shape index (κ2) is 6.92. The van der Waals surface area contributed by atoms with Gasteiger partial charge in [0.05, 0.1) is 12.7 Å². The monoisotopic (exact) mass is 235 g/mol. The fraction of sp³-hybridized carbons (Fsp3) is 0.889. The summed E-state index contributed by atoms with van der Waals surface area (Å²) in [7, 11) is -1.26. The van der Waals surface area contributed by atoms with Crippen LogP contribution in [0, 0.1) is 0 Å². The van der Waals surface area contributed by atoms with Gasteiger partial charge in [0.15, 0.2) is 0 Å². The van der Waals surface area contributed by atoms with E-state index in [1.165, 1.54) is 0 Å². The van der Waals surface area contributed by atoms with Crippen molar-refractivity contribution in [1.29, 1.82) is 0 Å². The largest absolute Gasteiger partial charge is 0.395 e. The molecule has 88 valence electrons. The van der Waals surface area contributed by atoms with Crippen LogP contribution in [-0.4, -0.2) is 52.6 Å². The smallest absolute Gasteiger partial charge is 0.232 e. The molecule has 1 rings (SSSR count). The lowest BCUT2D eigenvalue weighted by Crippen LogP contribution is -2.35. The summed E-state index contributed by atoms with van der Waals surface area (Å²) in [6.07, 6.45) is 2.12. The molecule has 0 aromatic carbocycles. The summed E-state index contributed by atoms with van der Waals surface area (Å²) >= 11 is 0. The highest BCUT2D eigenvalue weighted by molar-refractivity contribution is 7.85. The van der Waals surface area contributed by atoms with Crippen LogP contribution in [-0.2, 0) is 20.3 Å². The van der Waals surface area contributed by atoms with Crippen molar-refractivity contribution in [2.45, 2.75) is 18.9 Å². The Bertz CT molecular complexity index is 228. The Morgan fingerprint density at radius 1 is 1.60 bits per heavy atom. The van der Waals surface area contributed by atoms with Gasteiger partial charge in [0.25, 0.3) is 0 Å². The van der Waals surface area contributed by atoms with Gasteiger partial charge in [0.1, 0.15) is 5.75 Å². The molecule has 0 spiro atoms. The Morgan fingerprint density at radius 3 is 3.00 bits per heavy atom. The number of aliphatic hydroxyl groups excluding tert-OH is 1. The predicted molar refractivity (Wildman–Crippen MR) is 56.9 cm³/mol. The molecule has 1 aliphatic rings. The highest BCUT2D eigenvalue weighted by Gasteiger charge is 2.16. The molecular formula is C9H17NO4S. The Kier molecular flexibility index (Phi) is 5.82. The van der Waals surface area contributed by atoms with Crippen LogP contribution < -0.4 is 5.32 Å². The molecule has 1 saturated heterocycles. The van der Waals surface area contributed by atoms with E-state index in [0.29, 0.717) is 6.54 Å². The van der Waals surface area contributed by atoms with E-state index in [9.17, 15) is 9.00 Å². The van der Waals surface area contributed by atoms with E-state index in [4.69, 9.17) is 9.84 Å². The molecule has 0 saturated carbocycles. The number of carbonyl (C=O) groups excluding carboxylic acids is 1. The molecule has 0 aromatic heterocycles. The highest BCUT2D eigenvalue weighted by atomic mass is 32.2. The van der Waals surface area contributed by atoms with Gasteiger partial charge in [-0.05, 0) is 12.8 Å². The van der Waals surface area contributed by atoms with Crippen LogP contribution in [0.1, 0.15) is 12.8 Å². The topological polar surface area (TPSA) is 75.6 Å². The van der Waals surface area contributed by atoms with Gasteiger partial charge >= 0.3 is 0 Å². The van der Waals surface area contributed by atoms with Crippen molar-refractivity contribution < 1.29 is 18.8 Å². The minimum absolute atomic E-state index is 0.0344. The lowest BCUT2D eigenvalue weighted by atomic mass is 10.2. The maximum atomic E-state index is 11.2. The predicted octanol–water partition coefficient (Wildman–Crippen LogP) is -0.977. The lowest BCUT2D eigenvalue weighted by molar-refractivity contribution is -0.119. The van der Waals surface area contributed by atoms with Gasteiger partial charge < -0.3 is 15.2 Å². The van der Waals surface area contributed by atoms with Crippen LogP contribution in [0.15, 0.2) is 0 Å². The van der Waals surface area contributed by atoms with Gasteiger partial charge in [-0.25, -0.2) is 0 Å². The zero-order valence-corrected chi connectivity index (χ0v) is 9.42. The normalized spacial score (nSPS) is 22.6. The average Bonchev–Trinajstić information content (AvgIpc) is 2.67. The first kappa shape index (κ1) is 12.6. The second-order valence-corrected chi connectivity index (χ2v) is 5.03. The van der Waals surface area contributed by atoms with Crippen LogP contribution in [0.2, 0.25) is 0 Å². The van der Waals surface area contributed by atoms with Crippen LogP contribution in [0.5, 0.6) is 0 Å². The van der Waals surface area contributed by atoms with E-state index in [-0.39, 0.29) is 30.1 Å². The molecule has 0 radical (unpaired) electrons. The third kappa shape index (κ3) is 5.25. The maximum Gasteiger partial charge on any atom is 0.232 e. The molecule has 1 aliphatic heterocycles. The number of rotatable bonds is 6. The first-order valence-corrected chi connectivity index (χ1v) is 6.55. The quantitative estimate of drug-likeness (QED) is 0.620. The van der Waals surface area contributed by atoms with Gasteiger partial charge in [0.2, 0.25) is 5.91 Å². The van der Waals surface area contributed by atoms with E-state index in [1.54, 1.807) is 0 Å². The molecule has 2 atom stereocenters. The molecule has 2 unspecified atom stereocenters. The number of nitrogens with one attached hydrogen (secondary N) is 1. The number of aliphatic hydroxyl groups is 1. The standard InChI is InChI=1S/C9H17NO4S/c11-3-5-15(13)7-9(12)10-6-8-2-1-4-14-8/h8,11H,1-7H2,(H,10,12). The van der Waals surface area contributed by atoms with E-state index in [0.717, 1.165) is 19.4 Å². The van der Waals surface area contributed by atoms with Crippen LogP contribution in [0.4, 0.5) is 0 Å². The van der Waals surface area contributed by atoms with Gasteiger partial charge in [-0.3, -0.25) is 9.00 Å². The summed E-state index contributed by atoms with van der Waals surface area (Å²) in [6.45, 7) is 1.11. The molecule has 5 nitrogen and oxygen atoms in total. The fourth-order valence-corrected chi connectivity index (χ4v) is 2.15. The summed E-state index contributed by atoms with van der Waals surface area (Å²) in [5.74, 6) is -0.113. The summed E-state index contributed by atoms with van der Waals surface area (Å²) in [4.78, 5) is 11.2. The average molecular weight is 235 g/mol. The summed E-state index contributed by atoms with van der Waals surface area (Å²) in [5.41, 5.74) is 0.